The molecule has 0 saturated heterocycles. The molecule has 0 spiro atoms. The van der Waals surface area contributed by atoms with Crippen molar-refractivity contribution < 1.29 is 9.59 Å². The summed E-state index contributed by atoms with van der Waals surface area (Å²) >= 11 is 0. The molecule has 4 nitrogen and oxygen atoms in total. The lowest BCUT2D eigenvalue weighted by Crippen LogP contribution is -2.39. The summed E-state index contributed by atoms with van der Waals surface area (Å²) in [7, 11) is 0. The Morgan fingerprint density at radius 2 is 2.42 bits per heavy atom. The molecule has 0 aliphatic heterocycles. The number of carbonyl (C=O) groups is 2. The van der Waals surface area contributed by atoms with Crippen LogP contribution in [0.1, 0.15) is 0 Å². The summed E-state index contributed by atoms with van der Waals surface area (Å²) in [6.45, 7) is 3.69. The van der Waals surface area contributed by atoms with E-state index in [-0.39, 0.29) is 6.54 Å². The molecule has 0 saturated carbocycles. The Bertz CT molecular complexity index is 218. The lowest BCUT2D eigenvalue weighted by molar-refractivity contribution is -0.115. The zero-order valence-corrected chi connectivity index (χ0v) is 6.62. The third-order valence-electron chi connectivity index (χ3n) is 1.05. The number of carbonyl (C=O) groups excluding carboxylic acids is 2. The maximum absolute atomic E-state index is 11.0. The summed E-state index contributed by atoms with van der Waals surface area (Å²) in [5.41, 5.74) is 0. The Morgan fingerprint density at radius 3 is 2.83 bits per heavy atom. The molecule has 0 fully saturated rings. The van der Waals surface area contributed by atoms with Crippen LogP contribution in [0.5, 0.6) is 0 Å². The average Bonchev–Trinajstić information content (AvgIpc) is 2.10. The lowest BCUT2D eigenvalue weighted by Gasteiger charge is -2.11. The van der Waals surface area contributed by atoms with Gasteiger partial charge in [0.05, 0.1) is 6.54 Å². The molecule has 0 heterocycles. The van der Waals surface area contributed by atoms with Crippen LogP contribution in [0.3, 0.4) is 0 Å². The van der Waals surface area contributed by atoms with Gasteiger partial charge < -0.3 is 5.32 Å². The van der Waals surface area contributed by atoms with Crippen molar-refractivity contribution in [3.63, 3.8) is 0 Å². The minimum absolute atomic E-state index is 0.0214. The van der Waals surface area contributed by atoms with E-state index in [0.29, 0.717) is 13.0 Å². The van der Waals surface area contributed by atoms with Gasteiger partial charge in [0, 0.05) is 6.54 Å². The van der Waals surface area contributed by atoms with E-state index in [2.05, 4.69) is 17.8 Å². The number of rotatable bonds is 4. The van der Waals surface area contributed by atoms with Gasteiger partial charge in [-0.05, 0) is 0 Å². The van der Waals surface area contributed by atoms with Crippen LogP contribution in [0.2, 0.25) is 0 Å². The third-order valence-corrected chi connectivity index (χ3v) is 1.05. The highest BCUT2D eigenvalue weighted by Gasteiger charge is 2.08. The fraction of sp³-hybridized carbons (Fsp3) is 0.250. The molecule has 0 atom stereocenters. The molecule has 0 aromatic rings. The van der Waals surface area contributed by atoms with Gasteiger partial charge in [-0.2, -0.15) is 0 Å². The van der Waals surface area contributed by atoms with Crippen molar-refractivity contribution >= 4 is 12.4 Å². The molecular formula is C8H10N2O2. The molecule has 0 aliphatic rings. The van der Waals surface area contributed by atoms with E-state index in [1.165, 1.54) is 6.08 Å². The van der Waals surface area contributed by atoms with E-state index in [1.807, 2.05) is 0 Å². The van der Waals surface area contributed by atoms with Crippen LogP contribution in [0.15, 0.2) is 12.7 Å². The zero-order chi connectivity index (χ0) is 9.40. The number of nitrogens with one attached hydrogen (secondary N) is 1. The van der Waals surface area contributed by atoms with E-state index in [9.17, 15) is 9.59 Å². The van der Waals surface area contributed by atoms with E-state index < -0.39 is 6.03 Å². The van der Waals surface area contributed by atoms with Crippen LogP contribution in [0, 0.1) is 12.3 Å². The number of nitrogens with zero attached hydrogens (tertiary/aromatic N) is 1. The predicted octanol–water partition coefficient (Wildman–Crippen LogP) is -0.0264. The summed E-state index contributed by atoms with van der Waals surface area (Å²) in [6, 6.07) is -0.511. The number of hydrogen-bond donors (Lipinski definition) is 1. The number of hydrogen-bond acceptors (Lipinski definition) is 2. The van der Waals surface area contributed by atoms with Crippen molar-refractivity contribution in [3.05, 3.63) is 12.7 Å². The SMILES string of the molecule is C#CCN(C=O)C(=O)NCC=C. The molecule has 0 aromatic carbocycles. The first kappa shape index (κ1) is 10.2. The van der Waals surface area contributed by atoms with Crippen molar-refractivity contribution in [2.45, 2.75) is 0 Å². The van der Waals surface area contributed by atoms with Gasteiger partial charge in [0.15, 0.2) is 0 Å². The molecule has 12 heavy (non-hydrogen) atoms. The standard InChI is InChI=1S/C8H10N2O2/c1-3-5-9-8(12)10(7-11)6-4-2/h2-3,7H,1,5-6H2,(H,9,12). The van der Waals surface area contributed by atoms with Crippen molar-refractivity contribution in [3.8, 4) is 12.3 Å². The summed E-state index contributed by atoms with van der Waals surface area (Å²) in [5, 5.41) is 2.41. The Labute approximate surface area is 71.2 Å². The van der Waals surface area contributed by atoms with E-state index in [4.69, 9.17) is 6.42 Å². The zero-order valence-electron chi connectivity index (χ0n) is 6.62. The molecule has 0 bridgehead atoms. The van der Waals surface area contributed by atoms with Crippen LogP contribution in [-0.2, 0) is 4.79 Å². The minimum atomic E-state index is -0.511. The molecular weight excluding hydrogens is 156 g/mol. The van der Waals surface area contributed by atoms with Crippen LogP contribution in [0.25, 0.3) is 0 Å². The molecule has 0 unspecified atom stereocenters. The Hall–Kier alpha value is -1.76. The summed E-state index contributed by atoms with van der Waals surface area (Å²) in [4.78, 5) is 22.1. The first-order chi connectivity index (χ1) is 5.76. The number of imide groups is 1. The lowest BCUT2D eigenvalue weighted by atomic mass is 10.5. The van der Waals surface area contributed by atoms with Crippen LogP contribution in [0.4, 0.5) is 4.79 Å². The van der Waals surface area contributed by atoms with Gasteiger partial charge in [0.1, 0.15) is 0 Å². The highest BCUT2D eigenvalue weighted by Crippen LogP contribution is 1.82. The smallest absolute Gasteiger partial charge is 0.324 e. The third kappa shape index (κ3) is 3.42. The number of terminal acetylenes is 1. The van der Waals surface area contributed by atoms with Crippen molar-refractivity contribution in [1.82, 2.24) is 10.2 Å². The first-order valence-corrected chi connectivity index (χ1v) is 3.30. The fourth-order valence-electron chi connectivity index (χ4n) is 0.516. The quantitative estimate of drug-likeness (QED) is 0.362. The first-order valence-electron chi connectivity index (χ1n) is 3.30. The summed E-state index contributed by atoms with van der Waals surface area (Å²) in [6.07, 6.45) is 6.82. The van der Waals surface area contributed by atoms with Gasteiger partial charge >= 0.3 is 6.03 Å². The number of amides is 3. The minimum Gasteiger partial charge on any atom is -0.334 e. The Morgan fingerprint density at radius 1 is 1.75 bits per heavy atom. The molecule has 0 aromatic heterocycles. The second-order valence-corrected chi connectivity index (χ2v) is 1.91. The van der Waals surface area contributed by atoms with Crippen LogP contribution < -0.4 is 5.32 Å². The fourth-order valence-corrected chi connectivity index (χ4v) is 0.516. The molecule has 64 valence electrons. The number of urea groups is 1. The normalized spacial score (nSPS) is 7.92. The largest absolute Gasteiger partial charge is 0.334 e. The monoisotopic (exact) mass is 166 g/mol. The molecule has 0 radical (unpaired) electrons. The highest BCUT2D eigenvalue weighted by atomic mass is 16.2. The van der Waals surface area contributed by atoms with E-state index >= 15 is 0 Å². The van der Waals surface area contributed by atoms with Crippen LogP contribution >= 0.6 is 0 Å². The molecule has 0 aliphatic carbocycles. The Kier molecular flexibility index (Phi) is 5.11. The topological polar surface area (TPSA) is 49.4 Å². The molecule has 1 N–H and O–H groups in total. The molecule has 0 rings (SSSR count). The van der Waals surface area contributed by atoms with Gasteiger partial charge in [0.25, 0.3) is 0 Å². The van der Waals surface area contributed by atoms with Gasteiger partial charge in [-0.15, -0.1) is 13.0 Å². The van der Waals surface area contributed by atoms with Crippen LogP contribution in [-0.4, -0.2) is 30.4 Å². The van der Waals surface area contributed by atoms with E-state index in [0.717, 1.165) is 4.90 Å². The second kappa shape index (κ2) is 5.98. The predicted molar refractivity (Wildman–Crippen MR) is 45.2 cm³/mol. The Balaban J connectivity index is 3.95. The second-order valence-electron chi connectivity index (χ2n) is 1.91. The summed E-state index contributed by atoms with van der Waals surface area (Å²) < 4.78 is 0. The van der Waals surface area contributed by atoms with Crippen molar-refractivity contribution in [1.29, 1.82) is 0 Å². The van der Waals surface area contributed by atoms with E-state index in [1.54, 1.807) is 0 Å². The van der Waals surface area contributed by atoms with Crippen molar-refractivity contribution in [2.24, 2.45) is 0 Å². The average molecular weight is 166 g/mol. The molecule has 4 heteroatoms. The van der Waals surface area contributed by atoms with Gasteiger partial charge in [-0.3, -0.25) is 9.69 Å². The van der Waals surface area contributed by atoms with Gasteiger partial charge in [0.2, 0.25) is 6.41 Å². The summed E-state index contributed by atoms with van der Waals surface area (Å²) in [5.74, 6) is 2.18. The van der Waals surface area contributed by atoms with Gasteiger partial charge in [-0.1, -0.05) is 12.0 Å². The maximum Gasteiger partial charge on any atom is 0.324 e. The maximum atomic E-state index is 11.0. The van der Waals surface area contributed by atoms with Crippen molar-refractivity contribution in [2.75, 3.05) is 13.1 Å². The molecule has 3 amide bonds. The highest BCUT2D eigenvalue weighted by molar-refractivity contribution is 5.85. The van der Waals surface area contributed by atoms with Gasteiger partial charge in [-0.25, -0.2) is 4.79 Å².